The van der Waals surface area contributed by atoms with Gasteiger partial charge in [-0.1, -0.05) is 51.6 Å². The molecule has 1 heterocycles. The van der Waals surface area contributed by atoms with Gasteiger partial charge in [0.25, 0.3) is 0 Å². The number of hydrogen-bond donors (Lipinski definition) is 2. The first-order chi connectivity index (χ1) is 14.2. The summed E-state index contributed by atoms with van der Waals surface area (Å²) >= 11 is 0. The maximum absolute atomic E-state index is 11.8. The van der Waals surface area contributed by atoms with Crippen molar-refractivity contribution < 1.29 is 19.2 Å². The van der Waals surface area contributed by atoms with E-state index in [0.717, 1.165) is 32.1 Å². The zero-order valence-electron chi connectivity index (χ0n) is 18.7. The first kappa shape index (κ1) is 22.8. The summed E-state index contributed by atoms with van der Waals surface area (Å²) in [6, 6.07) is 0. The van der Waals surface area contributed by atoms with Crippen molar-refractivity contribution in [2.75, 3.05) is 0 Å². The van der Waals surface area contributed by atoms with Crippen LogP contribution in [0.4, 0.5) is 0 Å². The van der Waals surface area contributed by atoms with E-state index >= 15 is 0 Å². The molecule has 2 saturated carbocycles. The average molecular weight is 420 g/mol. The van der Waals surface area contributed by atoms with E-state index in [2.05, 4.69) is 36.2 Å². The Bertz CT molecular complexity index is 727. The number of nitrogens with zero attached hydrogens (tertiary/aromatic N) is 2. The number of carboxylic acids is 1. The third kappa shape index (κ3) is 5.82. The maximum atomic E-state index is 11.8. The van der Waals surface area contributed by atoms with Gasteiger partial charge in [0.15, 0.2) is 5.82 Å². The molecule has 168 valence electrons. The lowest BCUT2D eigenvalue weighted by molar-refractivity contribution is -0.137. The fourth-order valence-electron chi connectivity index (χ4n) is 4.98. The van der Waals surface area contributed by atoms with E-state index in [1.165, 1.54) is 32.1 Å². The highest BCUT2D eigenvalue weighted by Crippen LogP contribution is 2.53. The molecule has 30 heavy (non-hydrogen) atoms. The topological polar surface area (TPSA) is 105 Å². The van der Waals surface area contributed by atoms with E-state index in [1.807, 2.05) is 0 Å². The Kier molecular flexibility index (Phi) is 7.19. The fourth-order valence-corrected chi connectivity index (χ4v) is 4.98. The average Bonchev–Trinajstić information content (AvgIpc) is 3.43. The van der Waals surface area contributed by atoms with Gasteiger partial charge < -0.3 is 14.9 Å². The van der Waals surface area contributed by atoms with Crippen LogP contribution in [0.2, 0.25) is 0 Å². The Hall–Kier alpha value is -1.92. The summed E-state index contributed by atoms with van der Waals surface area (Å²) in [6.07, 6.45) is 11.1. The minimum atomic E-state index is -0.856. The molecule has 0 aliphatic heterocycles. The normalized spacial score (nSPS) is 20.0. The number of carboxylic acid groups (broad SMARTS) is 1. The molecule has 2 aliphatic carbocycles. The Labute approximate surface area is 179 Å². The van der Waals surface area contributed by atoms with Gasteiger partial charge in [-0.2, -0.15) is 4.98 Å². The zero-order valence-corrected chi connectivity index (χ0v) is 18.7. The van der Waals surface area contributed by atoms with Crippen LogP contribution >= 0.6 is 0 Å². The lowest BCUT2D eigenvalue weighted by Gasteiger charge is -2.48. The van der Waals surface area contributed by atoms with E-state index in [0.29, 0.717) is 17.1 Å². The molecule has 0 spiro atoms. The monoisotopic (exact) mass is 419 g/mol. The van der Waals surface area contributed by atoms with Crippen LogP contribution in [0, 0.1) is 16.7 Å². The minimum absolute atomic E-state index is 0.0153. The predicted molar refractivity (Wildman–Crippen MR) is 113 cm³/mol. The molecule has 1 aromatic heterocycles. The standard InChI is InChI=1S/C23H37N3O4/c1-22(2,3)23(11-5-4-6-12-23)13-7-8-17(14-19(27)28)21-25-18(26-30-21)15-24-20(29)16-9-10-16/h16-17H,4-15H2,1-3H3,(H,24,29)(H,27,28)/t17-/m1/s1. The van der Waals surface area contributed by atoms with Gasteiger partial charge in [-0.05, 0) is 49.4 Å². The van der Waals surface area contributed by atoms with Crippen molar-refractivity contribution >= 4 is 11.9 Å². The molecule has 1 amide bonds. The summed E-state index contributed by atoms with van der Waals surface area (Å²) in [4.78, 5) is 27.6. The van der Waals surface area contributed by atoms with Gasteiger partial charge in [-0.3, -0.25) is 9.59 Å². The second kappa shape index (κ2) is 9.48. The van der Waals surface area contributed by atoms with E-state index < -0.39 is 5.97 Å². The van der Waals surface area contributed by atoms with Crippen molar-refractivity contribution in [3.05, 3.63) is 11.7 Å². The van der Waals surface area contributed by atoms with E-state index in [9.17, 15) is 14.7 Å². The van der Waals surface area contributed by atoms with E-state index in [4.69, 9.17) is 4.52 Å². The van der Waals surface area contributed by atoms with Crippen LogP contribution in [0.5, 0.6) is 0 Å². The number of carbonyl (C=O) groups is 2. The second-order valence-electron chi connectivity index (χ2n) is 10.3. The van der Waals surface area contributed by atoms with Gasteiger partial charge in [0.05, 0.1) is 13.0 Å². The summed E-state index contributed by atoms with van der Waals surface area (Å²) in [5.41, 5.74) is 0.569. The molecule has 7 nitrogen and oxygen atoms in total. The first-order valence-electron chi connectivity index (χ1n) is 11.5. The highest BCUT2D eigenvalue weighted by Gasteiger charge is 2.42. The molecule has 0 aromatic carbocycles. The Balaban J connectivity index is 1.59. The van der Waals surface area contributed by atoms with E-state index in [1.54, 1.807) is 0 Å². The van der Waals surface area contributed by atoms with Crippen LogP contribution in [-0.2, 0) is 16.1 Å². The van der Waals surface area contributed by atoms with Crippen LogP contribution in [0.3, 0.4) is 0 Å². The van der Waals surface area contributed by atoms with Gasteiger partial charge in [0.2, 0.25) is 11.8 Å². The molecule has 2 aliphatic rings. The van der Waals surface area contributed by atoms with Crippen LogP contribution in [0.25, 0.3) is 0 Å². The number of nitrogens with one attached hydrogen (secondary N) is 1. The molecule has 3 rings (SSSR count). The van der Waals surface area contributed by atoms with Crippen molar-refractivity contribution in [2.24, 2.45) is 16.7 Å². The lowest BCUT2D eigenvalue weighted by Crippen LogP contribution is -2.37. The molecule has 1 atom stereocenters. The van der Waals surface area contributed by atoms with Crippen LogP contribution in [0.1, 0.15) is 109 Å². The molecular weight excluding hydrogens is 382 g/mol. The quantitative estimate of drug-likeness (QED) is 0.563. The SMILES string of the molecule is CC(C)(C)C1(CCC[C@H](CC(=O)O)c2nc(CNC(=O)C3CC3)no2)CCCCC1. The summed E-state index contributed by atoms with van der Waals surface area (Å²) in [6.45, 7) is 7.25. The number of amides is 1. The summed E-state index contributed by atoms with van der Waals surface area (Å²) in [5.74, 6) is -0.197. The first-order valence-corrected chi connectivity index (χ1v) is 11.5. The number of aromatic nitrogens is 2. The molecule has 1 aromatic rings. The van der Waals surface area contributed by atoms with Crippen LogP contribution in [0.15, 0.2) is 4.52 Å². The Morgan fingerprint density at radius 2 is 1.93 bits per heavy atom. The maximum Gasteiger partial charge on any atom is 0.304 e. The number of aliphatic carboxylic acids is 1. The Morgan fingerprint density at radius 3 is 2.53 bits per heavy atom. The molecule has 2 N–H and O–H groups in total. The van der Waals surface area contributed by atoms with E-state index in [-0.39, 0.29) is 36.1 Å². The van der Waals surface area contributed by atoms with Gasteiger partial charge in [0, 0.05) is 11.8 Å². The Morgan fingerprint density at radius 1 is 1.23 bits per heavy atom. The van der Waals surface area contributed by atoms with Crippen molar-refractivity contribution in [1.29, 1.82) is 0 Å². The van der Waals surface area contributed by atoms with Crippen molar-refractivity contribution in [3.8, 4) is 0 Å². The van der Waals surface area contributed by atoms with Crippen molar-refractivity contribution in [3.63, 3.8) is 0 Å². The third-order valence-electron chi connectivity index (χ3n) is 7.23. The minimum Gasteiger partial charge on any atom is -0.481 e. The predicted octanol–water partition coefficient (Wildman–Crippen LogP) is 4.82. The number of hydrogen-bond acceptors (Lipinski definition) is 5. The third-order valence-corrected chi connectivity index (χ3v) is 7.23. The summed E-state index contributed by atoms with van der Waals surface area (Å²) in [5, 5.41) is 16.2. The second-order valence-corrected chi connectivity index (χ2v) is 10.3. The smallest absolute Gasteiger partial charge is 0.304 e. The largest absolute Gasteiger partial charge is 0.481 e. The highest BCUT2D eigenvalue weighted by molar-refractivity contribution is 5.80. The van der Waals surface area contributed by atoms with Crippen molar-refractivity contribution in [1.82, 2.24) is 15.5 Å². The number of rotatable bonds is 10. The van der Waals surface area contributed by atoms with Crippen LogP contribution < -0.4 is 5.32 Å². The zero-order chi connectivity index (χ0) is 21.8. The lowest BCUT2D eigenvalue weighted by atomic mass is 9.57. The summed E-state index contributed by atoms with van der Waals surface area (Å²) in [7, 11) is 0. The molecular formula is C23H37N3O4. The van der Waals surface area contributed by atoms with Crippen molar-refractivity contribution in [2.45, 2.75) is 104 Å². The highest BCUT2D eigenvalue weighted by atomic mass is 16.5. The summed E-state index contributed by atoms with van der Waals surface area (Å²) < 4.78 is 5.40. The van der Waals surface area contributed by atoms with Gasteiger partial charge in [-0.25, -0.2) is 0 Å². The molecule has 0 saturated heterocycles. The molecule has 0 radical (unpaired) electrons. The number of carbonyl (C=O) groups excluding carboxylic acids is 1. The molecule has 0 bridgehead atoms. The molecule has 7 heteroatoms. The van der Waals surface area contributed by atoms with Crippen LogP contribution in [-0.4, -0.2) is 27.1 Å². The molecule has 2 fully saturated rings. The molecule has 0 unspecified atom stereocenters. The van der Waals surface area contributed by atoms with Gasteiger partial charge in [-0.15, -0.1) is 0 Å². The fraction of sp³-hybridized carbons (Fsp3) is 0.826. The van der Waals surface area contributed by atoms with Gasteiger partial charge >= 0.3 is 5.97 Å². The van der Waals surface area contributed by atoms with Gasteiger partial charge in [0.1, 0.15) is 0 Å².